The van der Waals surface area contributed by atoms with Gasteiger partial charge >= 0.3 is 0 Å². The molecular weight excluding hydrogens is 317 g/mol. The van der Waals surface area contributed by atoms with Crippen LogP contribution in [0.5, 0.6) is 0 Å². The molecule has 2 heterocycles. The van der Waals surface area contributed by atoms with Crippen molar-refractivity contribution in [3.8, 4) is 11.3 Å². The zero-order valence-corrected chi connectivity index (χ0v) is 14.9. The van der Waals surface area contributed by atoms with Gasteiger partial charge in [0, 0.05) is 35.0 Å². The Morgan fingerprint density at radius 1 is 1.32 bits per heavy atom. The molecule has 2 aliphatic rings. The third kappa shape index (κ3) is 3.27. The number of aromatic amines is 1. The van der Waals surface area contributed by atoms with Crippen molar-refractivity contribution >= 4 is 5.82 Å². The van der Waals surface area contributed by atoms with Crippen LogP contribution in [0.2, 0.25) is 0 Å². The van der Waals surface area contributed by atoms with Gasteiger partial charge in [-0.05, 0) is 50.0 Å². The van der Waals surface area contributed by atoms with E-state index in [-0.39, 0.29) is 17.5 Å². The van der Waals surface area contributed by atoms with Gasteiger partial charge in [-0.25, -0.2) is 4.98 Å². The lowest BCUT2D eigenvalue weighted by molar-refractivity contribution is 0.312. The van der Waals surface area contributed by atoms with Crippen LogP contribution in [0.25, 0.3) is 11.3 Å². The van der Waals surface area contributed by atoms with Crippen LogP contribution < -0.4 is 11.1 Å². The lowest BCUT2D eigenvalue weighted by atomic mass is 9.76. The largest absolute Gasteiger partial charge is 0.366 e. The lowest BCUT2D eigenvalue weighted by Gasteiger charge is -2.29. The monoisotopic (exact) mass is 343 g/mol. The Hall–Kier alpha value is -1.95. The van der Waals surface area contributed by atoms with Gasteiger partial charge in [0.05, 0.1) is 5.69 Å². The molecule has 25 heavy (non-hydrogen) atoms. The minimum absolute atomic E-state index is 0.105. The van der Waals surface area contributed by atoms with E-state index in [0.717, 1.165) is 49.8 Å². The maximum atomic E-state index is 14.1. The maximum absolute atomic E-state index is 14.1. The Bertz CT molecular complexity index is 782. The Morgan fingerprint density at radius 2 is 2.16 bits per heavy atom. The smallest absolute Gasteiger partial charge is 0.215 e. The standard InChI is InChI=1S/C19H26FN5/c1-19(2)7-6-12-15(10-19)24-25-18(12)11-8-16(20)23-17(9-11)22-14-5-3-4-13(14)21/h8-9,13-14H,3-7,10,21H2,1-2H3,(H,22,23)(H,24,25). The number of anilines is 1. The molecule has 0 aliphatic heterocycles. The first-order valence-electron chi connectivity index (χ1n) is 9.17. The van der Waals surface area contributed by atoms with Gasteiger partial charge < -0.3 is 11.1 Å². The van der Waals surface area contributed by atoms with Crippen LogP contribution in [0, 0.1) is 11.4 Å². The number of H-pyrrole nitrogens is 1. The summed E-state index contributed by atoms with van der Waals surface area (Å²) in [5.41, 5.74) is 10.4. The molecule has 6 heteroatoms. The minimum Gasteiger partial charge on any atom is -0.366 e. The summed E-state index contributed by atoms with van der Waals surface area (Å²) in [5.74, 6) is 0.0599. The SMILES string of the molecule is CC1(C)CCc2c(-c3cc(F)nc(NC4CCCC4N)c3)n[nH]c2C1. The number of nitrogens with zero attached hydrogens (tertiary/aromatic N) is 2. The summed E-state index contributed by atoms with van der Waals surface area (Å²) in [6.07, 6.45) is 6.16. The van der Waals surface area contributed by atoms with E-state index in [0.29, 0.717) is 5.82 Å². The molecule has 5 nitrogen and oxygen atoms in total. The molecule has 0 radical (unpaired) electrons. The molecular formula is C19H26FN5. The van der Waals surface area contributed by atoms with Gasteiger partial charge in [0.1, 0.15) is 5.82 Å². The fourth-order valence-corrected chi connectivity index (χ4v) is 4.15. The van der Waals surface area contributed by atoms with Crippen molar-refractivity contribution in [2.45, 2.75) is 64.5 Å². The van der Waals surface area contributed by atoms with Crippen LogP contribution in [-0.4, -0.2) is 27.3 Å². The Labute approximate surface area is 147 Å². The fourth-order valence-electron chi connectivity index (χ4n) is 4.15. The second kappa shape index (κ2) is 6.09. The quantitative estimate of drug-likeness (QED) is 0.746. The third-order valence-electron chi connectivity index (χ3n) is 5.63. The van der Waals surface area contributed by atoms with Crippen molar-refractivity contribution in [2.24, 2.45) is 11.1 Å². The van der Waals surface area contributed by atoms with Crippen molar-refractivity contribution in [1.82, 2.24) is 15.2 Å². The predicted molar refractivity (Wildman–Crippen MR) is 96.8 cm³/mol. The number of nitrogens with two attached hydrogens (primary N) is 1. The Balaban J connectivity index is 1.64. The van der Waals surface area contributed by atoms with Gasteiger partial charge in [-0.1, -0.05) is 13.8 Å². The van der Waals surface area contributed by atoms with Crippen LogP contribution in [0.3, 0.4) is 0 Å². The van der Waals surface area contributed by atoms with Gasteiger partial charge in [0.15, 0.2) is 0 Å². The zero-order chi connectivity index (χ0) is 17.6. The molecule has 0 aromatic carbocycles. The molecule has 134 valence electrons. The fraction of sp³-hybridized carbons (Fsp3) is 0.579. The molecule has 0 saturated heterocycles. The first-order valence-corrected chi connectivity index (χ1v) is 9.17. The van der Waals surface area contributed by atoms with Crippen molar-refractivity contribution in [1.29, 1.82) is 0 Å². The normalized spacial score (nSPS) is 25.0. The predicted octanol–water partition coefficient (Wildman–Crippen LogP) is 3.42. The van der Waals surface area contributed by atoms with Gasteiger partial charge in [-0.15, -0.1) is 0 Å². The maximum Gasteiger partial charge on any atom is 0.215 e. The number of nitrogens with one attached hydrogen (secondary N) is 2. The summed E-state index contributed by atoms with van der Waals surface area (Å²) in [7, 11) is 0. The van der Waals surface area contributed by atoms with E-state index in [1.165, 1.54) is 17.3 Å². The summed E-state index contributed by atoms with van der Waals surface area (Å²) in [6.45, 7) is 4.55. The number of aromatic nitrogens is 3. The van der Waals surface area contributed by atoms with Crippen molar-refractivity contribution < 1.29 is 4.39 Å². The van der Waals surface area contributed by atoms with Crippen molar-refractivity contribution in [3.63, 3.8) is 0 Å². The lowest BCUT2D eigenvalue weighted by Crippen LogP contribution is -2.35. The first-order chi connectivity index (χ1) is 11.9. The van der Waals surface area contributed by atoms with E-state index >= 15 is 0 Å². The minimum atomic E-state index is -0.487. The van der Waals surface area contributed by atoms with E-state index in [1.54, 1.807) is 0 Å². The third-order valence-corrected chi connectivity index (χ3v) is 5.63. The molecule has 2 unspecified atom stereocenters. The molecule has 4 rings (SSSR count). The number of halogens is 1. The summed E-state index contributed by atoms with van der Waals surface area (Å²) >= 11 is 0. The van der Waals surface area contributed by atoms with E-state index < -0.39 is 5.95 Å². The van der Waals surface area contributed by atoms with Crippen LogP contribution >= 0.6 is 0 Å². The van der Waals surface area contributed by atoms with Gasteiger partial charge in [0.2, 0.25) is 5.95 Å². The van der Waals surface area contributed by atoms with Crippen LogP contribution in [0.15, 0.2) is 12.1 Å². The second-order valence-corrected chi connectivity index (χ2v) is 8.28. The number of hydrogen-bond acceptors (Lipinski definition) is 4. The Morgan fingerprint density at radius 3 is 2.92 bits per heavy atom. The zero-order valence-electron chi connectivity index (χ0n) is 14.9. The summed E-state index contributed by atoms with van der Waals surface area (Å²) < 4.78 is 14.1. The van der Waals surface area contributed by atoms with Crippen molar-refractivity contribution in [2.75, 3.05) is 5.32 Å². The van der Waals surface area contributed by atoms with Gasteiger partial charge in [-0.2, -0.15) is 9.49 Å². The molecule has 0 spiro atoms. The molecule has 1 fully saturated rings. The number of pyridine rings is 1. The molecule has 2 atom stereocenters. The van der Waals surface area contributed by atoms with E-state index in [9.17, 15) is 4.39 Å². The molecule has 2 aliphatic carbocycles. The topological polar surface area (TPSA) is 79.6 Å². The van der Waals surface area contributed by atoms with Gasteiger partial charge in [0.25, 0.3) is 0 Å². The average Bonchev–Trinajstić information content (AvgIpc) is 3.12. The molecule has 0 amide bonds. The molecule has 0 bridgehead atoms. The molecule has 1 saturated carbocycles. The van der Waals surface area contributed by atoms with Crippen LogP contribution in [0.1, 0.15) is 50.8 Å². The van der Waals surface area contributed by atoms with E-state index in [2.05, 4.69) is 34.3 Å². The van der Waals surface area contributed by atoms with Crippen LogP contribution in [0.4, 0.5) is 10.2 Å². The highest BCUT2D eigenvalue weighted by Gasteiger charge is 2.29. The first kappa shape index (κ1) is 16.5. The summed E-state index contributed by atoms with van der Waals surface area (Å²) in [4.78, 5) is 4.01. The number of rotatable bonds is 3. The van der Waals surface area contributed by atoms with Crippen LogP contribution in [-0.2, 0) is 12.8 Å². The number of fused-ring (bicyclic) bond motifs is 1. The molecule has 4 N–H and O–H groups in total. The Kier molecular flexibility index (Phi) is 4.02. The van der Waals surface area contributed by atoms with Crippen molar-refractivity contribution in [3.05, 3.63) is 29.3 Å². The summed E-state index contributed by atoms with van der Waals surface area (Å²) in [5, 5.41) is 11.0. The highest BCUT2D eigenvalue weighted by molar-refractivity contribution is 5.67. The highest BCUT2D eigenvalue weighted by Crippen LogP contribution is 2.38. The number of hydrogen-bond donors (Lipinski definition) is 3. The van der Waals surface area contributed by atoms with E-state index in [1.807, 2.05) is 6.07 Å². The average molecular weight is 343 g/mol. The summed E-state index contributed by atoms with van der Waals surface area (Å²) in [6, 6.07) is 3.63. The highest BCUT2D eigenvalue weighted by atomic mass is 19.1. The second-order valence-electron chi connectivity index (χ2n) is 8.28. The van der Waals surface area contributed by atoms with Gasteiger partial charge in [-0.3, -0.25) is 5.10 Å². The molecule has 2 aromatic rings. The molecule has 2 aromatic heterocycles. The van der Waals surface area contributed by atoms with E-state index in [4.69, 9.17) is 5.73 Å².